The van der Waals surface area contributed by atoms with Gasteiger partial charge in [0.05, 0.1) is 11.4 Å². The Bertz CT molecular complexity index is 511. The average molecular weight is 217 g/mol. The van der Waals surface area contributed by atoms with E-state index in [0.29, 0.717) is 11.3 Å². The number of nitrogen functional groups attached to an aromatic ring is 1. The Balaban J connectivity index is 2.46. The van der Waals surface area contributed by atoms with E-state index in [1.807, 2.05) is 6.07 Å². The number of aromatic nitrogens is 1. The Hall–Kier alpha value is -1.94. The van der Waals surface area contributed by atoms with Crippen LogP contribution in [-0.2, 0) is 0 Å². The van der Waals surface area contributed by atoms with E-state index in [1.54, 1.807) is 31.3 Å². The van der Waals surface area contributed by atoms with Gasteiger partial charge in [-0.3, -0.25) is 10.8 Å². The van der Waals surface area contributed by atoms with Crippen molar-refractivity contribution in [1.82, 2.24) is 4.98 Å². The summed E-state index contributed by atoms with van der Waals surface area (Å²) in [5.41, 5.74) is 5.32. The van der Waals surface area contributed by atoms with Crippen LogP contribution in [0, 0.1) is 12.7 Å². The minimum atomic E-state index is -0.231. The molecule has 0 saturated heterocycles. The summed E-state index contributed by atoms with van der Waals surface area (Å²) in [4.78, 5) is 4.17. The standard InChI is InChI=1S/C12H12FN3/c1-8-2-3-9(6-11(8)13)12-7-10(16-14)4-5-15-12/h2-7H,14H2,1H3,(H,15,16). The first-order valence-corrected chi connectivity index (χ1v) is 4.90. The number of halogens is 1. The number of hydrogen-bond acceptors (Lipinski definition) is 3. The molecule has 0 spiro atoms. The minimum absolute atomic E-state index is 0.231. The van der Waals surface area contributed by atoms with Crippen LogP contribution in [0.15, 0.2) is 36.5 Å². The first kappa shape index (κ1) is 10.6. The summed E-state index contributed by atoms with van der Waals surface area (Å²) in [5, 5.41) is 0. The number of nitrogens with zero attached hydrogens (tertiary/aromatic N) is 1. The molecule has 0 aliphatic heterocycles. The summed E-state index contributed by atoms with van der Waals surface area (Å²) in [6, 6.07) is 8.55. The van der Waals surface area contributed by atoms with Crippen molar-refractivity contribution in [1.29, 1.82) is 0 Å². The van der Waals surface area contributed by atoms with E-state index >= 15 is 0 Å². The van der Waals surface area contributed by atoms with Crippen LogP contribution in [0.2, 0.25) is 0 Å². The highest BCUT2D eigenvalue weighted by Gasteiger charge is 2.03. The second-order valence-electron chi connectivity index (χ2n) is 3.54. The van der Waals surface area contributed by atoms with Crippen LogP contribution in [0.4, 0.5) is 10.1 Å². The lowest BCUT2D eigenvalue weighted by Gasteiger charge is -2.05. The largest absolute Gasteiger partial charge is 0.324 e. The summed E-state index contributed by atoms with van der Waals surface area (Å²) in [7, 11) is 0. The van der Waals surface area contributed by atoms with Gasteiger partial charge in [0.15, 0.2) is 0 Å². The predicted octanol–water partition coefficient (Wildman–Crippen LogP) is 2.48. The maximum absolute atomic E-state index is 13.4. The van der Waals surface area contributed by atoms with Crippen LogP contribution in [-0.4, -0.2) is 4.98 Å². The van der Waals surface area contributed by atoms with Gasteiger partial charge >= 0.3 is 0 Å². The van der Waals surface area contributed by atoms with Crippen LogP contribution in [0.1, 0.15) is 5.56 Å². The van der Waals surface area contributed by atoms with Crippen molar-refractivity contribution in [3.63, 3.8) is 0 Å². The van der Waals surface area contributed by atoms with Crippen molar-refractivity contribution in [2.45, 2.75) is 6.92 Å². The molecule has 3 N–H and O–H groups in total. The van der Waals surface area contributed by atoms with Crippen molar-refractivity contribution in [3.8, 4) is 11.3 Å². The fraction of sp³-hybridized carbons (Fsp3) is 0.0833. The van der Waals surface area contributed by atoms with E-state index in [2.05, 4.69) is 10.4 Å². The number of rotatable bonds is 2. The molecular formula is C12H12FN3. The summed E-state index contributed by atoms with van der Waals surface area (Å²) in [6.07, 6.45) is 1.63. The Morgan fingerprint density at radius 1 is 1.25 bits per heavy atom. The number of nitrogens with two attached hydrogens (primary N) is 1. The fourth-order valence-electron chi connectivity index (χ4n) is 1.43. The highest BCUT2D eigenvalue weighted by molar-refractivity contribution is 5.64. The number of hydrogen-bond donors (Lipinski definition) is 2. The molecule has 3 nitrogen and oxygen atoms in total. The van der Waals surface area contributed by atoms with Gasteiger partial charge in [-0.2, -0.15) is 0 Å². The van der Waals surface area contributed by atoms with Crippen molar-refractivity contribution < 1.29 is 4.39 Å². The zero-order chi connectivity index (χ0) is 11.5. The van der Waals surface area contributed by atoms with Gasteiger partial charge in [-0.25, -0.2) is 4.39 Å². The SMILES string of the molecule is Cc1ccc(-c2cc(NN)ccn2)cc1F. The topological polar surface area (TPSA) is 50.9 Å². The Kier molecular flexibility index (Phi) is 2.83. The van der Waals surface area contributed by atoms with E-state index in [0.717, 1.165) is 11.3 Å². The van der Waals surface area contributed by atoms with Crippen LogP contribution in [0.3, 0.4) is 0 Å². The van der Waals surface area contributed by atoms with Gasteiger partial charge in [0, 0.05) is 11.8 Å². The summed E-state index contributed by atoms with van der Waals surface area (Å²) < 4.78 is 13.4. The second kappa shape index (κ2) is 4.28. The van der Waals surface area contributed by atoms with Gasteiger partial charge < -0.3 is 5.43 Å². The van der Waals surface area contributed by atoms with Crippen molar-refractivity contribution in [2.75, 3.05) is 5.43 Å². The monoisotopic (exact) mass is 217 g/mol. The smallest absolute Gasteiger partial charge is 0.126 e. The molecule has 0 bridgehead atoms. The zero-order valence-corrected chi connectivity index (χ0v) is 8.87. The van der Waals surface area contributed by atoms with E-state index in [4.69, 9.17) is 5.84 Å². The lowest BCUT2D eigenvalue weighted by atomic mass is 10.1. The Morgan fingerprint density at radius 3 is 2.75 bits per heavy atom. The number of anilines is 1. The Morgan fingerprint density at radius 2 is 2.06 bits per heavy atom. The van der Waals surface area contributed by atoms with Gasteiger partial charge in [0.1, 0.15) is 5.82 Å². The molecule has 1 heterocycles. The van der Waals surface area contributed by atoms with Gasteiger partial charge in [0.2, 0.25) is 0 Å². The maximum atomic E-state index is 13.4. The van der Waals surface area contributed by atoms with Gasteiger partial charge in [-0.15, -0.1) is 0 Å². The van der Waals surface area contributed by atoms with Crippen LogP contribution in [0.5, 0.6) is 0 Å². The quantitative estimate of drug-likeness (QED) is 0.600. The molecule has 1 aromatic heterocycles. The molecule has 2 aromatic rings. The summed E-state index contributed by atoms with van der Waals surface area (Å²) in [6.45, 7) is 1.73. The molecule has 0 unspecified atom stereocenters. The number of hydrazine groups is 1. The maximum Gasteiger partial charge on any atom is 0.126 e. The van der Waals surface area contributed by atoms with E-state index < -0.39 is 0 Å². The molecule has 2 rings (SSSR count). The number of pyridine rings is 1. The fourth-order valence-corrected chi connectivity index (χ4v) is 1.43. The predicted molar refractivity (Wildman–Crippen MR) is 62.2 cm³/mol. The summed E-state index contributed by atoms with van der Waals surface area (Å²) >= 11 is 0. The molecule has 0 atom stereocenters. The molecule has 82 valence electrons. The van der Waals surface area contributed by atoms with E-state index in [-0.39, 0.29) is 5.82 Å². The molecule has 0 aliphatic carbocycles. The summed E-state index contributed by atoms with van der Waals surface area (Å²) in [5.74, 6) is 5.07. The van der Waals surface area contributed by atoms with Crippen LogP contribution in [0.25, 0.3) is 11.3 Å². The van der Waals surface area contributed by atoms with Gasteiger partial charge in [0.25, 0.3) is 0 Å². The van der Waals surface area contributed by atoms with Crippen molar-refractivity contribution >= 4 is 5.69 Å². The lowest BCUT2D eigenvalue weighted by molar-refractivity contribution is 0.619. The average Bonchev–Trinajstić information content (AvgIpc) is 2.33. The van der Waals surface area contributed by atoms with E-state index in [9.17, 15) is 4.39 Å². The van der Waals surface area contributed by atoms with Crippen molar-refractivity contribution in [2.24, 2.45) is 5.84 Å². The van der Waals surface area contributed by atoms with Crippen LogP contribution >= 0.6 is 0 Å². The third kappa shape index (κ3) is 2.01. The zero-order valence-electron chi connectivity index (χ0n) is 8.87. The van der Waals surface area contributed by atoms with E-state index in [1.165, 1.54) is 6.07 Å². The normalized spacial score (nSPS) is 10.2. The molecule has 16 heavy (non-hydrogen) atoms. The molecule has 0 aliphatic rings. The number of aryl methyl sites for hydroxylation is 1. The second-order valence-corrected chi connectivity index (χ2v) is 3.54. The van der Waals surface area contributed by atoms with Crippen molar-refractivity contribution in [3.05, 3.63) is 47.9 Å². The first-order chi connectivity index (χ1) is 7.70. The molecule has 0 amide bonds. The molecule has 0 radical (unpaired) electrons. The highest BCUT2D eigenvalue weighted by atomic mass is 19.1. The molecule has 1 aromatic carbocycles. The minimum Gasteiger partial charge on any atom is -0.324 e. The lowest BCUT2D eigenvalue weighted by Crippen LogP contribution is -2.06. The number of nitrogens with one attached hydrogen (secondary N) is 1. The molecule has 0 fully saturated rings. The van der Waals surface area contributed by atoms with Gasteiger partial charge in [-0.1, -0.05) is 12.1 Å². The van der Waals surface area contributed by atoms with Crippen LogP contribution < -0.4 is 11.3 Å². The third-order valence-corrected chi connectivity index (χ3v) is 2.39. The number of benzene rings is 1. The third-order valence-electron chi connectivity index (χ3n) is 2.39. The molecular weight excluding hydrogens is 205 g/mol. The Labute approximate surface area is 93.1 Å². The highest BCUT2D eigenvalue weighted by Crippen LogP contribution is 2.21. The van der Waals surface area contributed by atoms with Gasteiger partial charge in [-0.05, 0) is 30.7 Å². The first-order valence-electron chi connectivity index (χ1n) is 4.90. The molecule has 4 heteroatoms. The molecule has 0 saturated carbocycles.